The van der Waals surface area contributed by atoms with Gasteiger partial charge in [-0.2, -0.15) is 0 Å². The molecule has 0 N–H and O–H groups in total. The van der Waals surface area contributed by atoms with Gasteiger partial charge in [0.05, 0.1) is 5.56 Å². The van der Waals surface area contributed by atoms with Gasteiger partial charge in [0.15, 0.2) is 0 Å². The zero-order valence-electron chi connectivity index (χ0n) is 18.8. The monoisotopic (exact) mass is 411 g/mol. The fourth-order valence-corrected chi connectivity index (χ4v) is 5.49. The van der Waals surface area contributed by atoms with Crippen molar-refractivity contribution in [2.45, 2.75) is 86.0 Å². The van der Waals surface area contributed by atoms with Crippen LogP contribution in [0.4, 0.5) is 0 Å². The lowest BCUT2D eigenvalue weighted by atomic mass is 10.0. The minimum absolute atomic E-state index is 0.231. The first kappa shape index (κ1) is 23.5. The summed E-state index contributed by atoms with van der Waals surface area (Å²) >= 11 is 0. The van der Waals surface area contributed by atoms with Crippen LogP contribution in [0.5, 0.6) is 0 Å². The Kier molecular flexibility index (Phi) is 9.24. The van der Waals surface area contributed by atoms with E-state index in [9.17, 15) is 9.36 Å². The number of hydrogen-bond acceptors (Lipinski definition) is 2. The number of hydrogen-bond donors (Lipinski definition) is 0. The summed E-state index contributed by atoms with van der Waals surface area (Å²) in [6.45, 7) is 10.3. The number of benzene rings is 2. The molecule has 0 aliphatic carbocycles. The topological polar surface area (TPSA) is 34.1 Å². The second-order valence-electron chi connectivity index (χ2n) is 8.25. The van der Waals surface area contributed by atoms with Gasteiger partial charge >= 0.3 is 13.3 Å². The van der Waals surface area contributed by atoms with Crippen molar-refractivity contribution in [3.8, 4) is 0 Å². The number of rotatable bonds is 11. The molecule has 1 atom stereocenters. The quantitative estimate of drug-likeness (QED) is 0.286. The Labute approximate surface area is 177 Å². The summed E-state index contributed by atoms with van der Waals surface area (Å²) in [6, 6.07) is 10.2. The summed E-state index contributed by atoms with van der Waals surface area (Å²) in [5.74, 6) is 0. The van der Waals surface area contributed by atoms with E-state index in [1.54, 1.807) is 0 Å². The maximum atomic E-state index is 13.4. The van der Waals surface area contributed by atoms with Gasteiger partial charge in [-0.05, 0) is 69.2 Å². The Bertz CT molecular complexity index is 844. The van der Waals surface area contributed by atoms with Crippen LogP contribution in [0.25, 0.3) is 0 Å². The lowest BCUT2D eigenvalue weighted by Crippen LogP contribution is -2.13. The van der Waals surface area contributed by atoms with Crippen molar-refractivity contribution in [2.24, 2.45) is 0 Å². The van der Waals surface area contributed by atoms with E-state index in [0.717, 1.165) is 59.7 Å². The lowest BCUT2D eigenvalue weighted by Gasteiger charge is -2.08. The minimum atomic E-state index is -2.11. The summed E-state index contributed by atoms with van der Waals surface area (Å²) in [6.07, 6.45) is 8.93. The molecule has 0 aromatic heterocycles. The van der Waals surface area contributed by atoms with Gasteiger partial charge in [0.2, 0.25) is 5.30 Å². The molecule has 0 amide bonds. The maximum absolute atomic E-state index is 13.4. The van der Waals surface area contributed by atoms with Crippen molar-refractivity contribution in [2.75, 3.05) is 0 Å². The van der Waals surface area contributed by atoms with Gasteiger partial charge in [0.1, 0.15) is 0 Å². The lowest BCUT2D eigenvalue weighted by molar-refractivity contribution is 0.107. The molecule has 1 unspecified atom stereocenters. The second-order valence-corrected chi connectivity index (χ2v) is 9.73. The van der Waals surface area contributed by atoms with Crippen molar-refractivity contribution in [3.05, 3.63) is 63.7 Å². The Hall–Kier alpha value is -1.79. The molecule has 0 fully saturated rings. The van der Waals surface area contributed by atoms with Gasteiger partial charge in [0.25, 0.3) is 0 Å². The molecule has 0 radical (unpaired) electrons. The van der Waals surface area contributed by atoms with Crippen LogP contribution in [0.15, 0.2) is 30.3 Å². The second kappa shape index (κ2) is 11.4. The summed E-state index contributed by atoms with van der Waals surface area (Å²) in [4.78, 5) is 13.2. The van der Waals surface area contributed by atoms with Crippen molar-refractivity contribution in [3.63, 3.8) is 0 Å². The van der Waals surface area contributed by atoms with Crippen LogP contribution in [0.1, 0.15) is 90.5 Å². The van der Waals surface area contributed by atoms with Crippen LogP contribution >= 0.6 is 7.80 Å². The fourth-order valence-electron chi connectivity index (χ4n) is 4.07. The molecule has 0 heterocycles. The number of unbranched alkanes of at least 4 members (excludes halogenated alkanes) is 4. The zero-order valence-corrected chi connectivity index (χ0v) is 19.7. The minimum Gasteiger partial charge on any atom is -0.234 e. The molecular formula is C26H36O2P+. The van der Waals surface area contributed by atoms with Crippen LogP contribution in [0, 0.1) is 20.8 Å². The van der Waals surface area contributed by atoms with Gasteiger partial charge < -0.3 is 0 Å². The molecule has 3 heteroatoms. The van der Waals surface area contributed by atoms with Crippen LogP contribution in [-0.2, 0) is 17.4 Å². The average molecular weight is 412 g/mol. The Morgan fingerprint density at radius 3 is 2.00 bits per heavy atom. The van der Waals surface area contributed by atoms with E-state index < -0.39 is 7.80 Å². The highest BCUT2D eigenvalue weighted by Crippen LogP contribution is 2.32. The number of aryl methyl sites for hydroxylation is 5. The molecule has 0 aliphatic heterocycles. The standard InChI is InChI=1S/C26H36O2P/c1-6-8-10-12-22-14-15-24(23(18-22)13-11-9-7-2)29(28)26(27)25-20(4)16-19(3)17-21(25)5/h14-18H,6-13H2,1-5H3/q+1. The third kappa shape index (κ3) is 6.34. The molecule has 2 nitrogen and oxygen atoms in total. The summed E-state index contributed by atoms with van der Waals surface area (Å²) in [5.41, 5.74) is 5.76. The molecule has 2 aromatic rings. The van der Waals surface area contributed by atoms with Gasteiger partial charge in [-0.1, -0.05) is 73.9 Å². The molecular weight excluding hydrogens is 375 g/mol. The van der Waals surface area contributed by atoms with Crippen LogP contribution in [0.2, 0.25) is 0 Å². The average Bonchev–Trinajstić information content (AvgIpc) is 2.67. The smallest absolute Gasteiger partial charge is 0.234 e. The first-order valence-electron chi connectivity index (χ1n) is 11.1. The fraction of sp³-hybridized carbons (Fsp3) is 0.500. The van der Waals surface area contributed by atoms with E-state index in [2.05, 4.69) is 26.0 Å². The highest BCUT2D eigenvalue weighted by atomic mass is 31.1. The van der Waals surface area contributed by atoms with E-state index in [1.165, 1.54) is 24.8 Å². The predicted molar refractivity (Wildman–Crippen MR) is 125 cm³/mol. The van der Waals surface area contributed by atoms with Crippen molar-refractivity contribution >= 4 is 18.6 Å². The first-order valence-corrected chi connectivity index (χ1v) is 12.4. The molecule has 0 aliphatic rings. The number of carbonyl (C=O) groups excluding carboxylic acids is 1. The highest BCUT2D eigenvalue weighted by Gasteiger charge is 2.36. The highest BCUT2D eigenvalue weighted by molar-refractivity contribution is 7.71. The Balaban J connectivity index is 2.35. The predicted octanol–water partition coefficient (Wildman–Crippen LogP) is 7.37. The van der Waals surface area contributed by atoms with Gasteiger partial charge in [-0.3, -0.25) is 0 Å². The Morgan fingerprint density at radius 2 is 1.41 bits per heavy atom. The van der Waals surface area contributed by atoms with E-state index in [-0.39, 0.29) is 5.52 Å². The summed E-state index contributed by atoms with van der Waals surface area (Å²) in [5, 5.41) is 0.736. The van der Waals surface area contributed by atoms with Crippen molar-refractivity contribution in [1.29, 1.82) is 0 Å². The molecule has 2 rings (SSSR count). The van der Waals surface area contributed by atoms with E-state index >= 15 is 0 Å². The van der Waals surface area contributed by atoms with E-state index in [1.807, 2.05) is 39.0 Å². The Morgan fingerprint density at radius 1 is 0.828 bits per heavy atom. The SMILES string of the molecule is CCCCCc1ccc([P+](=O)C(=O)c2c(C)cc(C)cc2C)c(CCCCC)c1. The first-order chi connectivity index (χ1) is 13.9. The summed E-state index contributed by atoms with van der Waals surface area (Å²) in [7, 11) is -2.11. The molecule has 2 aromatic carbocycles. The van der Waals surface area contributed by atoms with Crippen molar-refractivity contribution in [1.82, 2.24) is 0 Å². The molecule has 156 valence electrons. The zero-order chi connectivity index (χ0) is 21.4. The molecule has 0 spiro atoms. The van der Waals surface area contributed by atoms with Gasteiger partial charge in [0, 0.05) is 5.56 Å². The third-order valence-electron chi connectivity index (χ3n) is 5.56. The normalized spacial score (nSPS) is 11.6. The maximum Gasteiger partial charge on any atom is 0.458 e. The van der Waals surface area contributed by atoms with E-state index in [4.69, 9.17) is 0 Å². The molecule has 29 heavy (non-hydrogen) atoms. The third-order valence-corrected chi connectivity index (χ3v) is 7.02. The molecule has 0 bridgehead atoms. The summed E-state index contributed by atoms with van der Waals surface area (Å²) < 4.78 is 13.4. The van der Waals surface area contributed by atoms with Crippen LogP contribution < -0.4 is 5.30 Å². The molecule has 0 saturated heterocycles. The number of carbonyl (C=O) groups is 1. The van der Waals surface area contributed by atoms with Crippen LogP contribution in [0.3, 0.4) is 0 Å². The largest absolute Gasteiger partial charge is 0.458 e. The van der Waals surface area contributed by atoms with Crippen LogP contribution in [-0.4, -0.2) is 5.52 Å². The van der Waals surface area contributed by atoms with Gasteiger partial charge in [-0.15, -0.1) is 0 Å². The van der Waals surface area contributed by atoms with E-state index in [0.29, 0.717) is 5.56 Å². The molecule has 0 saturated carbocycles. The van der Waals surface area contributed by atoms with Gasteiger partial charge in [-0.25, -0.2) is 4.79 Å². The van der Waals surface area contributed by atoms with Crippen molar-refractivity contribution < 1.29 is 9.36 Å².